The van der Waals surface area contributed by atoms with Crippen molar-refractivity contribution < 1.29 is 4.79 Å². The van der Waals surface area contributed by atoms with Gasteiger partial charge in [-0.15, -0.1) is 0 Å². The maximum atomic E-state index is 12.5. The molecule has 4 nitrogen and oxygen atoms in total. The molecule has 3 aromatic carbocycles. The van der Waals surface area contributed by atoms with Crippen molar-refractivity contribution >= 4 is 23.4 Å². The fourth-order valence-electron chi connectivity index (χ4n) is 3.02. The number of nitrogens with zero attached hydrogens (tertiary/aromatic N) is 2. The van der Waals surface area contributed by atoms with Crippen LogP contribution in [0.3, 0.4) is 0 Å². The number of hydrogen-bond acceptors (Lipinski definition) is 3. The predicted molar refractivity (Wildman–Crippen MR) is 120 cm³/mol. The van der Waals surface area contributed by atoms with Crippen molar-refractivity contribution in [3.63, 3.8) is 0 Å². The second-order valence-electron chi connectivity index (χ2n) is 6.63. The Morgan fingerprint density at radius 2 is 1.59 bits per heavy atom. The Labute approximate surface area is 174 Å². The van der Waals surface area contributed by atoms with Gasteiger partial charge in [0, 0.05) is 23.1 Å². The number of benzene rings is 3. The molecule has 0 aliphatic heterocycles. The maximum Gasteiger partial charge on any atom is 0.234 e. The number of thioether (sulfide) groups is 1. The van der Waals surface area contributed by atoms with Crippen molar-refractivity contribution in [2.75, 3.05) is 11.1 Å². The minimum atomic E-state index is -0.0480. The average Bonchev–Trinajstić information content (AvgIpc) is 3.20. The number of imidazole rings is 1. The standard InChI is InChI=1S/C24H21N3OS/c1-18-10-8-9-15-21(18)25-23(28)17-29-24-26-22(19-11-4-2-5-12-19)16-27(24)20-13-6-3-7-14-20/h2-16H,17H2,1H3,(H,25,28). The van der Waals surface area contributed by atoms with E-state index >= 15 is 0 Å². The van der Waals surface area contributed by atoms with Crippen molar-refractivity contribution in [2.24, 2.45) is 0 Å². The first-order chi connectivity index (χ1) is 14.2. The number of aryl methyl sites for hydroxylation is 1. The molecule has 144 valence electrons. The monoisotopic (exact) mass is 399 g/mol. The minimum Gasteiger partial charge on any atom is -0.325 e. The molecular weight excluding hydrogens is 378 g/mol. The molecule has 0 fully saturated rings. The van der Waals surface area contributed by atoms with Crippen LogP contribution in [0.4, 0.5) is 5.69 Å². The van der Waals surface area contributed by atoms with Crippen LogP contribution in [0.5, 0.6) is 0 Å². The molecule has 4 rings (SSSR count). The summed E-state index contributed by atoms with van der Waals surface area (Å²) in [5.41, 5.74) is 4.84. The highest BCUT2D eigenvalue weighted by Gasteiger charge is 2.14. The highest BCUT2D eigenvalue weighted by atomic mass is 32.2. The topological polar surface area (TPSA) is 46.9 Å². The molecule has 5 heteroatoms. The van der Waals surface area contributed by atoms with Crippen LogP contribution in [0.2, 0.25) is 0 Å². The van der Waals surface area contributed by atoms with E-state index in [0.717, 1.165) is 33.4 Å². The number of carbonyl (C=O) groups excluding carboxylic acids is 1. The molecule has 0 unspecified atom stereocenters. The number of aromatic nitrogens is 2. The summed E-state index contributed by atoms with van der Waals surface area (Å²) >= 11 is 1.43. The fraction of sp³-hybridized carbons (Fsp3) is 0.0833. The molecular formula is C24H21N3OS. The molecule has 0 spiro atoms. The normalized spacial score (nSPS) is 10.7. The third kappa shape index (κ3) is 4.58. The number of anilines is 1. The van der Waals surface area contributed by atoms with E-state index in [4.69, 9.17) is 4.98 Å². The zero-order valence-electron chi connectivity index (χ0n) is 16.1. The van der Waals surface area contributed by atoms with Gasteiger partial charge in [0.05, 0.1) is 11.4 Å². The highest BCUT2D eigenvalue weighted by molar-refractivity contribution is 7.99. The van der Waals surface area contributed by atoms with Gasteiger partial charge in [0.25, 0.3) is 0 Å². The lowest BCUT2D eigenvalue weighted by atomic mass is 10.2. The van der Waals surface area contributed by atoms with Crippen LogP contribution in [-0.4, -0.2) is 21.2 Å². The number of rotatable bonds is 6. The van der Waals surface area contributed by atoms with Crippen LogP contribution in [0.15, 0.2) is 96.3 Å². The summed E-state index contributed by atoms with van der Waals surface area (Å²) in [6.45, 7) is 1.98. The van der Waals surface area contributed by atoms with Crippen molar-refractivity contribution in [1.29, 1.82) is 0 Å². The molecule has 4 aromatic rings. The Kier molecular flexibility index (Phi) is 5.77. The molecule has 29 heavy (non-hydrogen) atoms. The van der Waals surface area contributed by atoms with Gasteiger partial charge in [-0.2, -0.15) is 0 Å². The van der Waals surface area contributed by atoms with Crippen molar-refractivity contribution in [1.82, 2.24) is 9.55 Å². The van der Waals surface area contributed by atoms with Gasteiger partial charge in [0.1, 0.15) is 0 Å². The molecule has 0 radical (unpaired) electrons. The molecule has 1 aromatic heterocycles. The Morgan fingerprint density at radius 1 is 0.931 bits per heavy atom. The molecule has 0 saturated heterocycles. The largest absolute Gasteiger partial charge is 0.325 e. The van der Waals surface area contributed by atoms with Gasteiger partial charge >= 0.3 is 0 Å². The third-order valence-electron chi connectivity index (χ3n) is 4.53. The summed E-state index contributed by atoms with van der Waals surface area (Å²) in [6.07, 6.45) is 2.02. The third-order valence-corrected chi connectivity index (χ3v) is 5.48. The SMILES string of the molecule is Cc1ccccc1NC(=O)CSc1nc(-c2ccccc2)cn1-c1ccccc1. The van der Waals surface area contributed by atoms with Crippen molar-refractivity contribution in [3.05, 3.63) is 96.7 Å². The van der Waals surface area contributed by atoms with Gasteiger partial charge in [-0.25, -0.2) is 4.98 Å². The fourth-order valence-corrected chi connectivity index (χ4v) is 3.81. The Morgan fingerprint density at radius 3 is 2.31 bits per heavy atom. The first-order valence-electron chi connectivity index (χ1n) is 9.39. The first kappa shape index (κ1) is 19.0. The van der Waals surface area contributed by atoms with Crippen LogP contribution in [0.1, 0.15) is 5.56 Å². The molecule has 0 aliphatic rings. The van der Waals surface area contributed by atoms with Crippen LogP contribution in [0.25, 0.3) is 16.9 Å². The van der Waals surface area contributed by atoms with E-state index in [2.05, 4.69) is 5.32 Å². The van der Waals surface area contributed by atoms with Crippen LogP contribution >= 0.6 is 11.8 Å². The van der Waals surface area contributed by atoms with Gasteiger partial charge in [0.2, 0.25) is 5.91 Å². The molecule has 1 N–H and O–H groups in total. The number of para-hydroxylation sites is 2. The van der Waals surface area contributed by atoms with Gasteiger partial charge in [-0.1, -0.05) is 78.5 Å². The summed E-state index contributed by atoms with van der Waals surface area (Å²) in [5.74, 6) is 0.236. The van der Waals surface area contributed by atoms with Crippen LogP contribution < -0.4 is 5.32 Å². The molecule has 0 bridgehead atoms. The minimum absolute atomic E-state index is 0.0480. The quantitative estimate of drug-likeness (QED) is 0.431. The number of nitrogens with one attached hydrogen (secondary N) is 1. The number of hydrogen-bond donors (Lipinski definition) is 1. The highest BCUT2D eigenvalue weighted by Crippen LogP contribution is 2.27. The summed E-state index contributed by atoms with van der Waals surface area (Å²) in [6, 6.07) is 27.9. The number of amides is 1. The Balaban J connectivity index is 1.56. The van der Waals surface area contributed by atoms with E-state index in [1.165, 1.54) is 11.8 Å². The van der Waals surface area contributed by atoms with Gasteiger partial charge in [0.15, 0.2) is 5.16 Å². The van der Waals surface area contributed by atoms with Gasteiger partial charge in [-0.05, 0) is 30.7 Å². The van der Waals surface area contributed by atoms with Gasteiger partial charge < -0.3 is 5.32 Å². The van der Waals surface area contributed by atoms with E-state index in [0.29, 0.717) is 0 Å². The lowest BCUT2D eigenvalue weighted by Crippen LogP contribution is -2.15. The Bertz CT molecular complexity index is 1110. The summed E-state index contributed by atoms with van der Waals surface area (Å²) in [5, 5.41) is 3.77. The summed E-state index contributed by atoms with van der Waals surface area (Å²) in [4.78, 5) is 17.3. The first-order valence-corrected chi connectivity index (χ1v) is 10.4. The van der Waals surface area contributed by atoms with Crippen molar-refractivity contribution in [2.45, 2.75) is 12.1 Å². The average molecular weight is 400 g/mol. The molecule has 0 atom stereocenters. The van der Waals surface area contributed by atoms with E-state index in [1.807, 2.05) is 103 Å². The maximum absolute atomic E-state index is 12.5. The van der Waals surface area contributed by atoms with E-state index in [-0.39, 0.29) is 11.7 Å². The van der Waals surface area contributed by atoms with Gasteiger partial charge in [-0.3, -0.25) is 9.36 Å². The predicted octanol–water partition coefficient (Wildman–Crippen LogP) is 5.58. The second kappa shape index (κ2) is 8.80. The summed E-state index contributed by atoms with van der Waals surface area (Å²) < 4.78 is 2.04. The van der Waals surface area contributed by atoms with Crippen LogP contribution in [0, 0.1) is 6.92 Å². The molecule has 1 amide bonds. The Hall–Kier alpha value is -3.31. The summed E-state index contributed by atoms with van der Waals surface area (Å²) in [7, 11) is 0. The van der Waals surface area contributed by atoms with Crippen LogP contribution in [-0.2, 0) is 4.79 Å². The zero-order chi connectivity index (χ0) is 20.1. The second-order valence-corrected chi connectivity index (χ2v) is 7.57. The van der Waals surface area contributed by atoms with Crippen molar-refractivity contribution in [3.8, 4) is 16.9 Å². The van der Waals surface area contributed by atoms with E-state index in [1.54, 1.807) is 0 Å². The molecule has 0 aliphatic carbocycles. The zero-order valence-corrected chi connectivity index (χ0v) is 16.9. The number of carbonyl (C=O) groups is 1. The van der Waals surface area contributed by atoms with E-state index < -0.39 is 0 Å². The molecule has 0 saturated carbocycles. The van der Waals surface area contributed by atoms with E-state index in [9.17, 15) is 4.79 Å². The smallest absolute Gasteiger partial charge is 0.234 e. The lowest BCUT2D eigenvalue weighted by molar-refractivity contribution is -0.113. The lowest BCUT2D eigenvalue weighted by Gasteiger charge is -2.09. The molecule has 1 heterocycles.